The lowest BCUT2D eigenvalue weighted by molar-refractivity contribution is 0.682. The summed E-state index contributed by atoms with van der Waals surface area (Å²) in [4.78, 5) is 0. The van der Waals surface area contributed by atoms with Crippen LogP contribution in [0, 0.1) is 0 Å². The van der Waals surface area contributed by atoms with Gasteiger partial charge in [0.15, 0.2) is 0 Å². The van der Waals surface area contributed by atoms with E-state index in [1.54, 1.807) is 0 Å². The molecule has 0 radical (unpaired) electrons. The third-order valence-electron chi connectivity index (χ3n) is 3.97. The van der Waals surface area contributed by atoms with Crippen molar-refractivity contribution in [1.82, 2.24) is 0 Å². The first-order valence-corrected chi connectivity index (χ1v) is 7.67. The van der Waals surface area contributed by atoms with E-state index in [0.29, 0.717) is 0 Å². The highest BCUT2D eigenvalue weighted by Crippen LogP contribution is 2.29. The van der Waals surface area contributed by atoms with E-state index in [2.05, 4.69) is 40.2 Å². The Morgan fingerprint density at radius 2 is 1.68 bits per heavy atom. The second kappa shape index (κ2) is 5.48. The molecule has 2 aromatic rings. The summed E-state index contributed by atoms with van der Waals surface area (Å²) in [6, 6.07) is 14.9. The average Bonchev–Trinajstić information content (AvgIpc) is 2.46. The Kier molecular flexibility index (Phi) is 3.72. The normalized spacial score (nSPS) is 15.9. The number of benzene rings is 2. The molecule has 0 amide bonds. The summed E-state index contributed by atoms with van der Waals surface area (Å²) in [5.74, 6) is 0. The Bertz CT molecular complexity index is 592. The second-order valence-corrected chi connectivity index (χ2v) is 6.09. The molecular weight excluding hydrogens is 298 g/mol. The molecule has 2 N–H and O–H groups in total. The number of hydrogen-bond acceptors (Lipinski definition) is 1. The first-order valence-electron chi connectivity index (χ1n) is 6.87. The first kappa shape index (κ1) is 12.9. The molecule has 1 unspecified atom stereocenters. The number of fused-ring (bicyclic) bond motifs is 1. The van der Waals surface area contributed by atoms with Crippen LogP contribution in [0.4, 0.5) is 0 Å². The maximum absolute atomic E-state index is 6.42. The van der Waals surface area contributed by atoms with Crippen molar-refractivity contribution < 1.29 is 0 Å². The standard InChI is InChI=1S/C17H18BrN/c18-16-8-4-3-7-15(16)17(19)14-10-9-12-5-1-2-6-13(12)11-14/h3-4,7-11,17H,1-2,5-6,19H2. The van der Waals surface area contributed by atoms with Crippen molar-refractivity contribution >= 4 is 15.9 Å². The van der Waals surface area contributed by atoms with Crippen LogP contribution in [0.15, 0.2) is 46.9 Å². The molecule has 0 aliphatic heterocycles. The van der Waals surface area contributed by atoms with Crippen molar-refractivity contribution in [1.29, 1.82) is 0 Å². The molecule has 2 heteroatoms. The van der Waals surface area contributed by atoms with E-state index in [1.165, 1.54) is 42.4 Å². The van der Waals surface area contributed by atoms with Crippen molar-refractivity contribution in [2.45, 2.75) is 31.7 Å². The fourth-order valence-corrected chi connectivity index (χ4v) is 3.39. The van der Waals surface area contributed by atoms with Crippen LogP contribution < -0.4 is 5.73 Å². The topological polar surface area (TPSA) is 26.0 Å². The molecule has 0 fully saturated rings. The Hall–Kier alpha value is -1.12. The van der Waals surface area contributed by atoms with E-state index in [-0.39, 0.29) is 6.04 Å². The zero-order valence-corrected chi connectivity index (χ0v) is 12.5. The fourth-order valence-electron chi connectivity index (χ4n) is 2.85. The molecule has 0 aromatic heterocycles. The Morgan fingerprint density at radius 3 is 2.47 bits per heavy atom. The zero-order valence-electron chi connectivity index (χ0n) is 10.9. The molecule has 98 valence electrons. The molecule has 0 bridgehead atoms. The minimum Gasteiger partial charge on any atom is -0.320 e. The first-order chi connectivity index (χ1) is 9.25. The average molecular weight is 316 g/mol. The van der Waals surface area contributed by atoms with Gasteiger partial charge >= 0.3 is 0 Å². The van der Waals surface area contributed by atoms with Gasteiger partial charge in [-0.15, -0.1) is 0 Å². The van der Waals surface area contributed by atoms with Crippen LogP contribution in [0.3, 0.4) is 0 Å². The molecule has 1 aliphatic rings. The van der Waals surface area contributed by atoms with E-state index in [4.69, 9.17) is 5.73 Å². The van der Waals surface area contributed by atoms with Gasteiger partial charge in [-0.2, -0.15) is 0 Å². The summed E-state index contributed by atoms with van der Waals surface area (Å²) in [7, 11) is 0. The van der Waals surface area contributed by atoms with Gasteiger partial charge in [-0.25, -0.2) is 0 Å². The van der Waals surface area contributed by atoms with Crippen LogP contribution >= 0.6 is 15.9 Å². The van der Waals surface area contributed by atoms with Crippen LogP contribution in [0.5, 0.6) is 0 Å². The second-order valence-electron chi connectivity index (χ2n) is 5.23. The minimum atomic E-state index is -0.0530. The molecule has 19 heavy (non-hydrogen) atoms. The Balaban J connectivity index is 1.96. The Labute approximate surface area is 123 Å². The summed E-state index contributed by atoms with van der Waals surface area (Å²) >= 11 is 3.59. The van der Waals surface area contributed by atoms with E-state index < -0.39 is 0 Å². The number of hydrogen-bond donors (Lipinski definition) is 1. The molecule has 3 rings (SSSR count). The predicted octanol–water partition coefficient (Wildman–Crippen LogP) is 4.38. The van der Waals surface area contributed by atoms with E-state index in [9.17, 15) is 0 Å². The van der Waals surface area contributed by atoms with Gasteiger partial charge < -0.3 is 5.73 Å². The number of halogens is 1. The highest BCUT2D eigenvalue weighted by Gasteiger charge is 2.15. The van der Waals surface area contributed by atoms with E-state index in [0.717, 1.165) is 10.0 Å². The van der Waals surface area contributed by atoms with Crippen molar-refractivity contribution in [2.75, 3.05) is 0 Å². The van der Waals surface area contributed by atoms with Gasteiger partial charge in [0, 0.05) is 4.47 Å². The molecule has 1 aliphatic carbocycles. The van der Waals surface area contributed by atoms with Gasteiger partial charge in [-0.1, -0.05) is 52.3 Å². The van der Waals surface area contributed by atoms with Crippen molar-refractivity contribution in [3.63, 3.8) is 0 Å². The van der Waals surface area contributed by atoms with Crippen LogP contribution in [0.1, 0.15) is 41.1 Å². The lowest BCUT2D eigenvalue weighted by Crippen LogP contribution is -2.14. The Morgan fingerprint density at radius 1 is 0.947 bits per heavy atom. The van der Waals surface area contributed by atoms with Gasteiger partial charge in [-0.3, -0.25) is 0 Å². The van der Waals surface area contributed by atoms with Crippen LogP contribution in [0.25, 0.3) is 0 Å². The molecular formula is C17H18BrN. The SMILES string of the molecule is NC(c1ccc2c(c1)CCCC2)c1ccccc1Br. The lowest BCUT2D eigenvalue weighted by atomic mass is 9.88. The van der Waals surface area contributed by atoms with Crippen LogP contribution in [0.2, 0.25) is 0 Å². The van der Waals surface area contributed by atoms with Gasteiger partial charge in [0.25, 0.3) is 0 Å². The van der Waals surface area contributed by atoms with Crippen LogP contribution in [-0.2, 0) is 12.8 Å². The third-order valence-corrected chi connectivity index (χ3v) is 4.69. The molecule has 0 saturated heterocycles. The number of rotatable bonds is 2. The quantitative estimate of drug-likeness (QED) is 0.874. The summed E-state index contributed by atoms with van der Waals surface area (Å²) < 4.78 is 1.08. The van der Waals surface area contributed by atoms with Crippen LogP contribution in [-0.4, -0.2) is 0 Å². The predicted molar refractivity (Wildman–Crippen MR) is 83.3 cm³/mol. The number of aryl methyl sites for hydroxylation is 2. The summed E-state index contributed by atoms with van der Waals surface area (Å²) in [5.41, 5.74) is 11.8. The van der Waals surface area contributed by atoms with Crippen molar-refractivity contribution in [3.05, 3.63) is 69.2 Å². The van der Waals surface area contributed by atoms with Gasteiger partial charge in [0.1, 0.15) is 0 Å². The molecule has 1 nitrogen and oxygen atoms in total. The molecule has 1 atom stereocenters. The third kappa shape index (κ3) is 2.60. The lowest BCUT2D eigenvalue weighted by Gasteiger charge is -2.20. The van der Waals surface area contributed by atoms with Crippen molar-refractivity contribution in [2.24, 2.45) is 5.73 Å². The molecule has 0 heterocycles. The highest BCUT2D eigenvalue weighted by molar-refractivity contribution is 9.10. The molecule has 0 saturated carbocycles. The maximum Gasteiger partial charge on any atom is 0.0562 e. The zero-order chi connectivity index (χ0) is 13.2. The van der Waals surface area contributed by atoms with Crippen molar-refractivity contribution in [3.8, 4) is 0 Å². The summed E-state index contributed by atoms with van der Waals surface area (Å²) in [6.07, 6.45) is 5.05. The van der Waals surface area contributed by atoms with Gasteiger partial charge in [-0.05, 0) is 54.0 Å². The monoisotopic (exact) mass is 315 g/mol. The fraction of sp³-hybridized carbons (Fsp3) is 0.294. The maximum atomic E-state index is 6.42. The van der Waals surface area contributed by atoms with E-state index >= 15 is 0 Å². The molecule has 0 spiro atoms. The smallest absolute Gasteiger partial charge is 0.0562 e. The summed E-state index contributed by atoms with van der Waals surface area (Å²) in [6.45, 7) is 0. The van der Waals surface area contributed by atoms with Gasteiger partial charge in [0.05, 0.1) is 6.04 Å². The highest BCUT2D eigenvalue weighted by atomic mass is 79.9. The number of nitrogens with two attached hydrogens (primary N) is 1. The largest absolute Gasteiger partial charge is 0.320 e. The van der Waals surface area contributed by atoms with Gasteiger partial charge in [0.2, 0.25) is 0 Å². The summed E-state index contributed by atoms with van der Waals surface area (Å²) in [5, 5.41) is 0. The minimum absolute atomic E-state index is 0.0530. The van der Waals surface area contributed by atoms with E-state index in [1.807, 2.05) is 18.2 Å². The molecule has 2 aromatic carbocycles.